The Balaban J connectivity index is 1.90. The Kier molecular flexibility index (Phi) is 2.26. The molecule has 0 aliphatic rings. The molecule has 3 heterocycles. The molecule has 0 saturated carbocycles. The van der Waals surface area contributed by atoms with E-state index in [1.165, 1.54) is 10.9 Å². The van der Waals surface area contributed by atoms with E-state index in [4.69, 9.17) is 0 Å². The fourth-order valence-corrected chi connectivity index (χ4v) is 1.54. The van der Waals surface area contributed by atoms with Gasteiger partial charge in [0.25, 0.3) is 5.91 Å². The van der Waals surface area contributed by atoms with Gasteiger partial charge in [-0.25, -0.2) is 0 Å². The lowest BCUT2D eigenvalue weighted by atomic mass is 10.4. The second kappa shape index (κ2) is 3.91. The lowest BCUT2D eigenvalue weighted by Crippen LogP contribution is -2.14. The van der Waals surface area contributed by atoms with Gasteiger partial charge in [0.05, 0.1) is 6.20 Å². The summed E-state index contributed by atoms with van der Waals surface area (Å²) in [5.41, 5.74) is 0.886. The number of aryl methyl sites for hydroxylation is 1. The average Bonchev–Trinajstić information content (AvgIpc) is 2.97. The number of anilines is 1. The zero-order chi connectivity index (χ0) is 12.5. The first-order valence-corrected chi connectivity index (χ1v) is 5.21. The third-order valence-electron chi connectivity index (χ3n) is 2.37. The van der Waals surface area contributed by atoms with Crippen LogP contribution in [0.4, 0.5) is 5.95 Å². The third-order valence-corrected chi connectivity index (χ3v) is 2.37. The maximum Gasteiger partial charge on any atom is 0.280 e. The van der Waals surface area contributed by atoms with Crippen LogP contribution in [-0.2, 0) is 7.05 Å². The molecule has 0 atom stereocenters. The van der Waals surface area contributed by atoms with E-state index >= 15 is 0 Å². The molecule has 3 rings (SSSR count). The Morgan fingerprint density at radius 2 is 2.17 bits per heavy atom. The molecule has 0 radical (unpaired) electrons. The number of carbonyl (C=O) groups excluding carboxylic acids is 1. The fourth-order valence-electron chi connectivity index (χ4n) is 1.54. The summed E-state index contributed by atoms with van der Waals surface area (Å²) >= 11 is 0. The summed E-state index contributed by atoms with van der Waals surface area (Å²) in [5.74, 6) is -0.0255. The van der Waals surface area contributed by atoms with Crippen molar-refractivity contribution in [2.24, 2.45) is 7.05 Å². The van der Waals surface area contributed by atoms with Crippen molar-refractivity contribution in [2.75, 3.05) is 5.32 Å². The number of hydrogen-bond acceptors (Lipinski definition) is 5. The van der Waals surface area contributed by atoms with E-state index in [9.17, 15) is 4.79 Å². The van der Waals surface area contributed by atoms with Gasteiger partial charge in [0, 0.05) is 13.2 Å². The largest absolute Gasteiger partial charge is 0.289 e. The van der Waals surface area contributed by atoms with Gasteiger partial charge < -0.3 is 0 Å². The minimum Gasteiger partial charge on any atom is -0.289 e. The minimum absolute atomic E-state index is 0.227. The predicted octanol–water partition coefficient (Wildman–Crippen LogP) is 0.110. The van der Waals surface area contributed by atoms with Crippen molar-refractivity contribution in [2.45, 2.75) is 0 Å². The molecular weight excluding hydrogens is 234 g/mol. The molecule has 8 heteroatoms. The van der Waals surface area contributed by atoms with E-state index in [1.54, 1.807) is 23.7 Å². The van der Waals surface area contributed by atoms with Crippen LogP contribution in [0.25, 0.3) is 5.65 Å². The number of pyridine rings is 1. The standard InChI is InChI=1S/C10H9N7O/c1-16-6-7(12-15-16)9(18)11-10-14-13-8-4-2-3-5-17(8)10/h2-6H,1H3,(H,11,14,18). The van der Waals surface area contributed by atoms with E-state index in [-0.39, 0.29) is 11.6 Å². The maximum atomic E-state index is 11.9. The summed E-state index contributed by atoms with van der Waals surface area (Å²) in [6, 6.07) is 5.47. The van der Waals surface area contributed by atoms with Crippen molar-refractivity contribution < 1.29 is 4.79 Å². The van der Waals surface area contributed by atoms with Gasteiger partial charge in [-0.05, 0) is 12.1 Å². The van der Waals surface area contributed by atoms with Gasteiger partial charge in [-0.15, -0.1) is 15.3 Å². The number of fused-ring (bicyclic) bond motifs is 1. The molecule has 1 N–H and O–H groups in total. The third kappa shape index (κ3) is 1.69. The molecule has 3 aromatic heterocycles. The summed E-state index contributed by atoms with van der Waals surface area (Å²) < 4.78 is 3.13. The normalized spacial score (nSPS) is 10.7. The molecule has 0 aromatic carbocycles. The predicted molar refractivity (Wildman–Crippen MR) is 61.9 cm³/mol. The lowest BCUT2D eigenvalue weighted by molar-refractivity contribution is 0.102. The SMILES string of the molecule is Cn1cc(C(=O)Nc2nnc3ccccn23)nn1. The number of nitrogens with zero attached hydrogens (tertiary/aromatic N) is 6. The van der Waals surface area contributed by atoms with E-state index in [1.807, 2.05) is 12.1 Å². The van der Waals surface area contributed by atoms with Gasteiger partial charge in [-0.2, -0.15) is 0 Å². The van der Waals surface area contributed by atoms with Crippen LogP contribution >= 0.6 is 0 Å². The molecule has 18 heavy (non-hydrogen) atoms. The highest BCUT2D eigenvalue weighted by Crippen LogP contribution is 2.08. The van der Waals surface area contributed by atoms with E-state index in [2.05, 4.69) is 25.8 Å². The second-order valence-corrected chi connectivity index (χ2v) is 3.68. The van der Waals surface area contributed by atoms with Gasteiger partial charge in [0.1, 0.15) is 0 Å². The zero-order valence-corrected chi connectivity index (χ0v) is 9.48. The monoisotopic (exact) mass is 243 g/mol. The molecule has 8 nitrogen and oxygen atoms in total. The first kappa shape index (κ1) is 10.4. The van der Waals surface area contributed by atoms with Gasteiger partial charge in [0.15, 0.2) is 11.3 Å². The zero-order valence-electron chi connectivity index (χ0n) is 9.48. The molecule has 90 valence electrons. The van der Waals surface area contributed by atoms with Gasteiger partial charge >= 0.3 is 0 Å². The molecule has 0 aliphatic heterocycles. The molecule has 0 bridgehead atoms. The highest BCUT2D eigenvalue weighted by Gasteiger charge is 2.13. The molecule has 0 spiro atoms. The molecule has 0 aliphatic carbocycles. The van der Waals surface area contributed by atoms with E-state index in [0.717, 1.165) is 0 Å². The van der Waals surface area contributed by atoms with Crippen molar-refractivity contribution in [3.05, 3.63) is 36.3 Å². The summed E-state index contributed by atoms with van der Waals surface area (Å²) in [7, 11) is 1.69. The number of aromatic nitrogens is 6. The second-order valence-electron chi connectivity index (χ2n) is 3.68. The van der Waals surface area contributed by atoms with Crippen molar-refractivity contribution >= 4 is 17.5 Å². The maximum absolute atomic E-state index is 11.9. The Bertz CT molecular complexity index is 714. The highest BCUT2D eigenvalue weighted by molar-refractivity contribution is 6.01. The van der Waals surface area contributed by atoms with Crippen LogP contribution in [0.5, 0.6) is 0 Å². The van der Waals surface area contributed by atoms with Crippen LogP contribution in [0.2, 0.25) is 0 Å². The number of nitrogens with one attached hydrogen (secondary N) is 1. The first-order chi connectivity index (χ1) is 8.74. The summed E-state index contributed by atoms with van der Waals surface area (Å²) in [4.78, 5) is 11.9. The summed E-state index contributed by atoms with van der Waals surface area (Å²) in [6.07, 6.45) is 3.29. The average molecular weight is 243 g/mol. The van der Waals surface area contributed by atoms with Crippen molar-refractivity contribution in [3.63, 3.8) is 0 Å². The van der Waals surface area contributed by atoms with Gasteiger partial charge in [-0.1, -0.05) is 11.3 Å². The first-order valence-electron chi connectivity index (χ1n) is 5.21. The molecule has 0 unspecified atom stereocenters. The Hall–Kier alpha value is -2.77. The van der Waals surface area contributed by atoms with Crippen LogP contribution in [0.3, 0.4) is 0 Å². The van der Waals surface area contributed by atoms with Crippen molar-refractivity contribution in [1.82, 2.24) is 29.6 Å². The number of rotatable bonds is 2. The van der Waals surface area contributed by atoms with Crippen molar-refractivity contribution in [3.8, 4) is 0 Å². The van der Waals surface area contributed by atoms with Crippen molar-refractivity contribution in [1.29, 1.82) is 0 Å². The van der Waals surface area contributed by atoms with E-state index in [0.29, 0.717) is 11.6 Å². The smallest absolute Gasteiger partial charge is 0.280 e. The number of amides is 1. The van der Waals surface area contributed by atoms with Crippen LogP contribution in [0, 0.1) is 0 Å². The molecule has 3 aromatic rings. The summed E-state index contributed by atoms with van der Waals surface area (Å²) in [5, 5.41) is 17.9. The number of hydrogen-bond donors (Lipinski definition) is 1. The molecular formula is C10H9N7O. The lowest BCUT2D eigenvalue weighted by Gasteiger charge is -1.99. The van der Waals surface area contributed by atoms with Crippen LogP contribution < -0.4 is 5.32 Å². The van der Waals surface area contributed by atoms with Gasteiger partial charge in [-0.3, -0.25) is 19.2 Å². The van der Waals surface area contributed by atoms with E-state index < -0.39 is 0 Å². The highest BCUT2D eigenvalue weighted by atomic mass is 16.2. The fraction of sp³-hybridized carbons (Fsp3) is 0.100. The Morgan fingerprint density at radius 3 is 2.94 bits per heavy atom. The van der Waals surface area contributed by atoms with Gasteiger partial charge in [0.2, 0.25) is 5.95 Å². The molecule has 0 saturated heterocycles. The number of carbonyl (C=O) groups is 1. The summed E-state index contributed by atoms with van der Waals surface area (Å²) in [6.45, 7) is 0. The van der Waals surface area contributed by atoms with Crippen LogP contribution in [0.1, 0.15) is 10.5 Å². The quantitative estimate of drug-likeness (QED) is 0.690. The minimum atomic E-state index is -0.374. The van der Waals surface area contributed by atoms with Crippen LogP contribution in [0.15, 0.2) is 30.6 Å². The Labute approximate surface area is 101 Å². The molecule has 1 amide bonds. The Morgan fingerprint density at radius 1 is 1.28 bits per heavy atom. The topological polar surface area (TPSA) is 90.0 Å². The van der Waals surface area contributed by atoms with Crippen LogP contribution in [-0.4, -0.2) is 35.5 Å². The molecule has 0 fully saturated rings.